The second-order valence-corrected chi connectivity index (χ2v) is 5.31. The Labute approximate surface area is 109 Å². The number of aliphatic carboxylic acids is 1. The van der Waals surface area contributed by atoms with Crippen LogP contribution in [0.25, 0.3) is 0 Å². The van der Waals surface area contributed by atoms with Gasteiger partial charge >= 0.3 is 5.97 Å². The van der Waals surface area contributed by atoms with Crippen molar-refractivity contribution in [3.05, 3.63) is 35.4 Å². The van der Waals surface area contributed by atoms with Gasteiger partial charge in [-0.15, -0.1) is 0 Å². The summed E-state index contributed by atoms with van der Waals surface area (Å²) < 4.78 is 0. The molecule has 0 fully saturated rings. The third-order valence-electron chi connectivity index (χ3n) is 2.89. The smallest absolute Gasteiger partial charge is 0.303 e. The lowest BCUT2D eigenvalue weighted by atomic mass is 9.98. The number of hydrogen-bond acceptors (Lipinski definition) is 2. The summed E-state index contributed by atoms with van der Waals surface area (Å²) in [5.74, 6) is -0.119. The lowest BCUT2D eigenvalue weighted by Crippen LogP contribution is -2.23. The Bertz CT molecular complexity index is 371. The zero-order valence-electron chi connectivity index (χ0n) is 11.2. The van der Waals surface area contributed by atoms with E-state index in [1.807, 2.05) is 0 Å². The maximum absolute atomic E-state index is 10.4. The fraction of sp³-hybridized carbons (Fsp3) is 0.533. The van der Waals surface area contributed by atoms with Crippen LogP contribution >= 0.6 is 0 Å². The van der Waals surface area contributed by atoms with Gasteiger partial charge < -0.3 is 10.8 Å². The summed E-state index contributed by atoms with van der Waals surface area (Å²) in [5, 5.41) is 8.59. The molecule has 0 saturated carbocycles. The molecule has 0 heterocycles. The van der Waals surface area contributed by atoms with Gasteiger partial charge in [0.15, 0.2) is 0 Å². The van der Waals surface area contributed by atoms with E-state index in [2.05, 4.69) is 38.1 Å². The van der Waals surface area contributed by atoms with Gasteiger partial charge in [0.25, 0.3) is 0 Å². The van der Waals surface area contributed by atoms with Gasteiger partial charge in [-0.3, -0.25) is 4.79 Å². The summed E-state index contributed by atoms with van der Waals surface area (Å²) in [6.45, 7) is 4.41. The van der Waals surface area contributed by atoms with Gasteiger partial charge in [-0.2, -0.15) is 0 Å². The van der Waals surface area contributed by atoms with Crippen LogP contribution in [0, 0.1) is 5.92 Å². The minimum Gasteiger partial charge on any atom is -0.481 e. The van der Waals surface area contributed by atoms with Crippen molar-refractivity contribution < 1.29 is 9.90 Å². The molecule has 3 nitrogen and oxygen atoms in total. The van der Waals surface area contributed by atoms with Crippen molar-refractivity contribution in [2.45, 2.75) is 45.6 Å². The summed E-state index contributed by atoms with van der Waals surface area (Å²) in [4.78, 5) is 10.4. The van der Waals surface area contributed by atoms with E-state index >= 15 is 0 Å². The molecule has 3 heteroatoms. The summed E-state index contributed by atoms with van der Waals surface area (Å²) in [6.07, 6.45) is 2.51. The molecule has 0 spiro atoms. The summed E-state index contributed by atoms with van der Waals surface area (Å²) in [6, 6.07) is 8.40. The van der Waals surface area contributed by atoms with Gasteiger partial charge in [0, 0.05) is 12.5 Å². The van der Waals surface area contributed by atoms with Crippen molar-refractivity contribution in [2.75, 3.05) is 0 Å². The monoisotopic (exact) mass is 249 g/mol. The first-order valence-electron chi connectivity index (χ1n) is 6.52. The maximum Gasteiger partial charge on any atom is 0.303 e. The minimum absolute atomic E-state index is 0.0722. The van der Waals surface area contributed by atoms with Crippen LogP contribution in [0.2, 0.25) is 0 Å². The molecule has 1 atom stereocenters. The first-order chi connectivity index (χ1) is 8.47. The molecule has 0 aromatic heterocycles. The number of rotatable bonds is 7. The summed E-state index contributed by atoms with van der Waals surface area (Å²) in [5.41, 5.74) is 8.43. The van der Waals surface area contributed by atoms with Crippen LogP contribution in [-0.4, -0.2) is 17.1 Å². The first-order valence-corrected chi connectivity index (χ1v) is 6.52. The number of hydrogen-bond donors (Lipinski definition) is 2. The van der Waals surface area contributed by atoms with E-state index in [4.69, 9.17) is 10.8 Å². The zero-order valence-corrected chi connectivity index (χ0v) is 11.2. The zero-order chi connectivity index (χ0) is 13.5. The third kappa shape index (κ3) is 5.82. The summed E-state index contributed by atoms with van der Waals surface area (Å²) in [7, 11) is 0. The van der Waals surface area contributed by atoms with Gasteiger partial charge in [-0.1, -0.05) is 38.1 Å². The van der Waals surface area contributed by atoms with Gasteiger partial charge in [0.05, 0.1) is 0 Å². The SMILES string of the molecule is CC(C)Cc1ccc(CC(N)CCC(=O)O)cc1. The molecule has 0 bridgehead atoms. The Morgan fingerprint density at radius 3 is 2.11 bits per heavy atom. The fourth-order valence-electron chi connectivity index (χ4n) is 2.00. The third-order valence-corrected chi connectivity index (χ3v) is 2.89. The molecule has 0 saturated heterocycles. The highest BCUT2D eigenvalue weighted by atomic mass is 16.4. The minimum atomic E-state index is -0.780. The standard InChI is InChI=1S/C15H23NO2/c1-11(2)9-12-3-5-13(6-4-12)10-14(16)7-8-15(17)18/h3-6,11,14H,7-10,16H2,1-2H3,(H,17,18). The molecule has 0 aliphatic carbocycles. The molecule has 1 aromatic rings. The van der Waals surface area contributed by atoms with Gasteiger partial charge in [-0.05, 0) is 36.3 Å². The molecule has 0 amide bonds. The van der Waals surface area contributed by atoms with Crippen molar-refractivity contribution >= 4 is 5.97 Å². The average Bonchev–Trinajstić information content (AvgIpc) is 2.28. The molecule has 100 valence electrons. The van der Waals surface area contributed by atoms with Crippen LogP contribution in [0.5, 0.6) is 0 Å². The fourth-order valence-corrected chi connectivity index (χ4v) is 2.00. The van der Waals surface area contributed by atoms with E-state index < -0.39 is 5.97 Å². The Hall–Kier alpha value is -1.35. The predicted octanol–water partition coefficient (Wildman–Crippen LogP) is 2.62. The highest BCUT2D eigenvalue weighted by Crippen LogP contribution is 2.12. The van der Waals surface area contributed by atoms with E-state index in [0.717, 1.165) is 12.8 Å². The number of benzene rings is 1. The molecule has 0 radical (unpaired) electrons. The van der Waals surface area contributed by atoms with Crippen LogP contribution in [0.15, 0.2) is 24.3 Å². The maximum atomic E-state index is 10.4. The van der Waals surface area contributed by atoms with Gasteiger partial charge in [0.2, 0.25) is 0 Å². The van der Waals surface area contributed by atoms with Crippen LogP contribution in [-0.2, 0) is 17.6 Å². The van der Waals surface area contributed by atoms with E-state index in [-0.39, 0.29) is 12.5 Å². The molecule has 1 rings (SSSR count). The number of carbonyl (C=O) groups is 1. The molecule has 1 aromatic carbocycles. The van der Waals surface area contributed by atoms with Crippen LogP contribution < -0.4 is 5.73 Å². The topological polar surface area (TPSA) is 63.3 Å². The molecule has 3 N–H and O–H groups in total. The summed E-state index contributed by atoms with van der Waals surface area (Å²) >= 11 is 0. The lowest BCUT2D eigenvalue weighted by Gasteiger charge is -2.11. The van der Waals surface area contributed by atoms with Crippen molar-refractivity contribution in [1.82, 2.24) is 0 Å². The molecule has 1 unspecified atom stereocenters. The molecule has 18 heavy (non-hydrogen) atoms. The molecular weight excluding hydrogens is 226 g/mol. The van der Waals surface area contributed by atoms with Crippen molar-refractivity contribution in [2.24, 2.45) is 11.7 Å². The predicted molar refractivity (Wildman–Crippen MR) is 73.5 cm³/mol. The first kappa shape index (κ1) is 14.7. The van der Waals surface area contributed by atoms with E-state index in [0.29, 0.717) is 12.3 Å². The van der Waals surface area contributed by atoms with Gasteiger partial charge in [-0.25, -0.2) is 0 Å². The van der Waals surface area contributed by atoms with Crippen LogP contribution in [0.1, 0.15) is 37.8 Å². The van der Waals surface area contributed by atoms with Crippen molar-refractivity contribution in [3.8, 4) is 0 Å². The second-order valence-electron chi connectivity index (χ2n) is 5.31. The molecule has 0 aliphatic rings. The number of carboxylic acid groups (broad SMARTS) is 1. The Morgan fingerprint density at radius 2 is 1.67 bits per heavy atom. The second kappa shape index (κ2) is 7.17. The normalized spacial score (nSPS) is 12.7. The highest BCUT2D eigenvalue weighted by Gasteiger charge is 2.07. The number of carboxylic acids is 1. The van der Waals surface area contributed by atoms with Crippen LogP contribution in [0.4, 0.5) is 0 Å². The highest BCUT2D eigenvalue weighted by molar-refractivity contribution is 5.66. The van der Waals surface area contributed by atoms with Crippen molar-refractivity contribution in [3.63, 3.8) is 0 Å². The number of nitrogens with two attached hydrogens (primary N) is 1. The molecular formula is C15H23NO2. The largest absolute Gasteiger partial charge is 0.481 e. The quantitative estimate of drug-likeness (QED) is 0.780. The molecule has 0 aliphatic heterocycles. The lowest BCUT2D eigenvalue weighted by molar-refractivity contribution is -0.137. The van der Waals surface area contributed by atoms with Gasteiger partial charge in [0.1, 0.15) is 0 Å². The average molecular weight is 249 g/mol. The van der Waals surface area contributed by atoms with E-state index in [9.17, 15) is 4.79 Å². The van der Waals surface area contributed by atoms with E-state index in [1.54, 1.807) is 0 Å². The van der Waals surface area contributed by atoms with E-state index in [1.165, 1.54) is 11.1 Å². The Kier molecular flexibility index (Phi) is 5.86. The Morgan fingerprint density at radius 1 is 1.17 bits per heavy atom. The Balaban J connectivity index is 2.45. The van der Waals surface area contributed by atoms with Crippen molar-refractivity contribution in [1.29, 1.82) is 0 Å². The van der Waals surface area contributed by atoms with Crippen LogP contribution in [0.3, 0.4) is 0 Å².